The van der Waals surface area contributed by atoms with Crippen LogP contribution in [-0.2, 0) is 5.41 Å². The van der Waals surface area contributed by atoms with Crippen LogP contribution in [0.3, 0.4) is 0 Å². The molecule has 0 aliphatic carbocycles. The summed E-state index contributed by atoms with van der Waals surface area (Å²) in [7, 11) is 5.88. The van der Waals surface area contributed by atoms with Crippen molar-refractivity contribution >= 4 is 31.2 Å². The summed E-state index contributed by atoms with van der Waals surface area (Å²) in [5.74, 6) is 0.387. The van der Waals surface area contributed by atoms with Gasteiger partial charge in [-0.3, -0.25) is 9.59 Å². The summed E-state index contributed by atoms with van der Waals surface area (Å²) in [5, 5.41) is 0. The highest BCUT2D eigenvalue weighted by Crippen LogP contribution is 2.32. The molecule has 0 unspecified atom stereocenters. The van der Waals surface area contributed by atoms with Gasteiger partial charge in [0, 0.05) is 5.56 Å². The first-order valence-electron chi connectivity index (χ1n) is 8.26. The highest BCUT2D eigenvalue weighted by molar-refractivity contribution is 6.36. The summed E-state index contributed by atoms with van der Waals surface area (Å²) in [6.07, 6.45) is 0.688. The van der Waals surface area contributed by atoms with Gasteiger partial charge >= 0.3 is 0 Å². The number of hydrogen-bond acceptors (Lipinski definition) is 3. The Morgan fingerprint density at radius 1 is 1.20 bits per heavy atom. The van der Waals surface area contributed by atoms with Crippen molar-refractivity contribution in [1.29, 1.82) is 0 Å². The van der Waals surface area contributed by atoms with Crippen LogP contribution >= 0.6 is 0 Å². The average molecular weight is 333 g/mol. The summed E-state index contributed by atoms with van der Waals surface area (Å²) in [6, 6.07) is 10.8. The van der Waals surface area contributed by atoms with E-state index >= 15 is 0 Å². The molecule has 5 heteroatoms. The molecule has 2 aromatic carbocycles. The van der Waals surface area contributed by atoms with Gasteiger partial charge in [0.25, 0.3) is 5.91 Å². The van der Waals surface area contributed by atoms with E-state index in [4.69, 9.17) is 12.6 Å². The summed E-state index contributed by atoms with van der Waals surface area (Å²) in [4.78, 5) is 26.1. The van der Waals surface area contributed by atoms with Gasteiger partial charge in [0.15, 0.2) is 6.29 Å². The predicted octanol–water partition coefficient (Wildman–Crippen LogP) is 2.63. The summed E-state index contributed by atoms with van der Waals surface area (Å²) < 4.78 is 5.83. The number of anilines is 1. The van der Waals surface area contributed by atoms with Crippen molar-refractivity contribution in [2.75, 3.05) is 18.1 Å². The molecule has 1 heterocycles. The normalized spacial score (nSPS) is 14.5. The molecular formula is C20H20BNO3. The molecule has 1 aliphatic heterocycles. The first-order valence-corrected chi connectivity index (χ1v) is 8.26. The number of carbonyl (C=O) groups is 2. The molecule has 0 bridgehead atoms. The lowest BCUT2D eigenvalue weighted by atomic mass is 9.86. The Morgan fingerprint density at radius 3 is 2.64 bits per heavy atom. The fourth-order valence-corrected chi connectivity index (χ4v) is 2.94. The quantitative estimate of drug-likeness (QED) is 0.627. The topological polar surface area (TPSA) is 46.6 Å². The minimum Gasteiger partial charge on any atom is -0.491 e. The lowest BCUT2D eigenvalue weighted by molar-refractivity contribution is 0.0990. The third kappa shape index (κ3) is 3.19. The molecule has 25 heavy (non-hydrogen) atoms. The van der Waals surface area contributed by atoms with Gasteiger partial charge in [0.1, 0.15) is 20.2 Å². The van der Waals surface area contributed by atoms with Crippen LogP contribution < -0.4 is 15.1 Å². The fourth-order valence-electron chi connectivity index (χ4n) is 2.94. The number of carbonyl (C=O) groups excluding carboxylic acids is 2. The van der Waals surface area contributed by atoms with Crippen LogP contribution in [0.15, 0.2) is 36.4 Å². The van der Waals surface area contributed by atoms with E-state index in [1.165, 1.54) is 0 Å². The Bertz CT molecular complexity index is 839. The molecule has 0 fully saturated rings. The van der Waals surface area contributed by atoms with E-state index in [0.717, 1.165) is 5.56 Å². The molecule has 0 spiro atoms. The minimum atomic E-state index is -0.193. The number of hydrogen-bond donors (Lipinski definition) is 0. The van der Waals surface area contributed by atoms with Crippen LogP contribution in [0.4, 0.5) is 5.69 Å². The number of ether oxygens (including phenoxy) is 1. The monoisotopic (exact) mass is 333 g/mol. The van der Waals surface area contributed by atoms with Gasteiger partial charge in [-0.1, -0.05) is 44.4 Å². The van der Waals surface area contributed by atoms with Crippen molar-refractivity contribution in [2.24, 2.45) is 0 Å². The van der Waals surface area contributed by atoms with Crippen molar-refractivity contribution in [3.05, 3.63) is 53.1 Å². The highest BCUT2D eigenvalue weighted by Gasteiger charge is 2.27. The van der Waals surface area contributed by atoms with Gasteiger partial charge in [-0.05, 0) is 29.2 Å². The standard InChI is InChI=1S/C20H20BNO3/c1-20(2,3)13-7-8-14-18(11-13)25-10-9-22(19(14)24)17-6-4-5-16(21)15(17)12-23/h4-8,11-12H,9-10H2,1-3H3. The molecule has 3 rings (SSSR count). The Kier molecular flexibility index (Phi) is 4.42. The number of nitrogens with zero attached hydrogens (tertiary/aromatic N) is 1. The van der Waals surface area contributed by atoms with Crippen molar-refractivity contribution in [3.8, 4) is 5.75 Å². The number of benzene rings is 2. The molecule has 1 aliphatic rings. The largest absolute Gasteiger partial charge is 0.491 e. The molecule has 0 aromatic heterocycles. The van der Waals surface area contributed by atoms with E-state index in [1.807, 2.05) is 12.1 Å². The van der Waals surface area contributed by atoms with Gasteiger partial charge in [0.2, 0.25) is 0 Å². The third-order valence-corrected chi connectivity index (χ3v) is 4.42. The van der Waals surface area contributed by atoms with E-state index in [2.05, 4.69) is 20.8 Å². The van der Waals surface area contributed by atoms with Crippen LogP contribution in [0, 0.1) is 0 Å². The van der Waals surface area contributed by atoms with Gasteiger partial charge in [-0.2, -0.15) is 0 Å². The van der Waals surface area contributed by atoms with Crippen molar-refractivity contribution < 1.29 is 14.3 Å². The van der Waals surface area contributed by atoms with Gasteiger partial charge in [-0.25, -0.2) is 0 Å². The van der Waals surface area contributed by atoms with Crippen molar-refractivity contribution in [2.45, 2.75) is 26.2 Å². The number of rotatable bonds is 2. The second kappa shape index (κ2) is 6.39. The van der Waals surface area contributed by atoms with E-state index in [0.29, 0.717) is 47.5 Å². The zero-order valence-corrected chi connectivity index (χ0v) is 14.7. The molecule has 0 saturated carbocycles. The average Bonchev–Trinajstić information content (AvgIpc) is 2.72. The first-order chi connectivity index (χ1) is 11.8. The van der Waals surface area contributed by atoms with E-state index < -0.39 is 0 Å². The molecule has 126 valence electrons. The number of amides is 1. The molecule has 0 saturated heterocycles. The second-order valence-corrected chi connectivity index (χ2v) is 7.16. The summed E-state index contributed by atoms with van der Waals surface area (Å²) in [6.45, 7) is 7.04. The zero-order valence-electron chi connectivity index (χ0n) is 14.7. The Hall–Kier alpha value is -2.56. The molecule has 2 radical (unpaired) electrons. The molecule has 2 aromatic rings. The van der Waals surface area contributed by atoms with Gasteiger partial charge in [0.05, 0.1) is 17.8 Å². The van der Waals surface area contributed by atoms with Gasteiger partial charge < -0.3 is 9.64 Å². The third-order valence-electron chi connectivity index (χ3n) is 4.42. The maximum Gasteiger partial charge on any atom is 0.262 e. The van der Waals surface area contributed by atoms with Gasteiger partial charge in [-0.15, -0.1) is 0 Å². The first kappa shape index (κ1) is 17.3. The smallest absolute Gasteiger partial charge is 0.262 e. The SMILES string of the molecule is [B]c1cccc(N2CCOc3cc(C(C)(C)C)ccc3C2=O)c1C=O. The van der Waals surface area contributed by atoms with Crippen LogP contribution in [0.5, 0.6) is 5.75 Å². The molecule has 0 atom stereocenters. The summed E-state index contributed by atoms with van der Waals surface area (Å²) in [5.41, 5.74) is 2.75. The molecule has 4 nitrogen and oxygen atoms in total. The van der Waals surface area contributed by atoms with E-state index in [9.17, 15) is 9.59 Å². The second-order valence-electron chi connectivity index (χ2n) is 7.16. The van der Waals surface area contributed by atoms with Crippen LogP contribution in [0.2, 0.25) is 0 Å². The minimum absolute atomic E-state index is 0.0357. The number of aldehydes is 1. The van der Waals surface area contributed by atoms with E-state index in [-0.39, 0.29) is 11.3 Å². The van der Waals surface area contributed by atoms with Crippen LogP contribution in [0.1, 0.15) is 47.1 Å². The van der Waals surface area contributed by atoms with Crippen molar-refractivity contribution in [3.63, 3.8) is 0 Å². The number of fused-ring (bicyclic) bond motifs is 1. The maximum absolute atomic E-state index is 13.1. The fraction of sp³-hybridized carbons (Fsp3) is 0.300. The maximum atomic E-state index is 13.1. The predicted molar refractivity (Wildman–Crippen MR) is 99.5 cm³/mol. The van der Waals surface area contributed by atoms with Crippen LogP contribution in [0.25, 0.3) is 0 Å². The Labute approximate surface area is 149 Å². The zero-order chi connectivity index (χ0) is 18.2. The Morgan fingerprint density at radius 2 is 1.96 bits per heavy atom. The molecular weight excluding hydrogens is 313 g/mol. The Balaban J connectivity index is 2.06. The van der Waals surface area contributed by atoms with Crippen LogP contribution in [-0.4, -0.2) is 33.2 Å². The molecule has 0 N–H and O–H groups in total. The highest BCUT2D eigenvalue weighted by atomic mass is 16.5. The molecule has 1 amide bonds. The lowest BCUT2D eigenvalue weighted by Crippen LogP contribution is -2.34. The lowest BCUT2D eigenvalue weighted by Gasteiger charge is -2.23. The summed E-state index contributed by atoms with van der Waals surface area (Å²) >= 11 is 0. The van der Waals surface area contributed by atoms with E-state index in [1.54, 1.807) is 29.2 Å². The van der Waals surface area contributed by atoms with Crippen molar-refractivity contribution in [1.82, 2.24) is 0 Å².